The first-order valence-electron chi connectivity index (χ1n) is 10.4. The van der Waals surface area contributed by atoms with Crippen molar-refractivity contribution in [3.8, 4) is 11.1 Å². The van der Waals surface area contributed by atoms with Crippen LogP contribution < -0.4 is 11.0 Å². The number of hydrogen-bond donors (Lipinski definition) is 1. The highest BCUT2D eigenvalue weighted by atomic mass is 16.2. The third-order valence-electron chi connectivity index (χ3n) is 5.85. The van der Waals surface area contributed by atoms with Crippen molar-refractivity contribution in [2.45, 2.75) is 38.8 Å². The zero-order chi connectivity index (χ0) is 20.7. The largest absolute Gasteiger partial charge is 0.352 e. The molecule has 1 aromatic heterocycles. The van der Waals surface area contributed by atoms with Crippen molar-refractivity contribution in [3.63, 3.8) is 0 Å². The number of carbonyl (C=O) groups is 2. The van der Waals surface area contributed by atoms with E-state index in [0.29, 0.717) is 36.2 Å². The van der Waals surface area contributed by atoms with Gasteiger partial charge in [0.15, 0.2) is 5.78 Å². The van der Waals surface area contributed by atoms with Crippen LogP contribution in [0.3, 0.4) is 0 Å². The van der Waals surface area contributed by atoms with Crippen LogP contribution in [-0.4, -0.2) is 32.6 Å². The van der Waals surface area contributed by atoms with Crippen molar-refractivity contribution in [1.29, 1.82) is 0 Å². The minimum Gasteiger partial charge on any atom is -0.352 e. The Kier molecular flexibility index (Phi) is 4.58. The van der Waals surface area contributed by atoms with Crippen LogP contribution >= 0.6 is 0 Å². The van der Waals surface area contributed by atoms with Crippen LogP contribution in [0.4, 0.5) is 0 Å². The molecule has 7 nitrogen and oxygen atoms in total. The summed E-state index contributed by atoms with van der Waals surface area (Å²) in [5, 5.41) is 7.29. The minimum atomic E-state index is -0.224. The maximum Gasteiger partial charge on any atom is 0.345 e. The van der Waals surface area contributed by atoms with Crippen LogP contribution in [0, 0.1) is 0 Å². The van der Waals surface area contributed by atoms with E-state index < -0.39 is 0 Å². The van der Waals surface area contributed by atoms with Gasteiger partial charge in [0.2, 0.25) is 0 Å². The number of aromatic nitrogens is 3. The molecule has 0 fully saturated rings. The number of hydrogen-bond acceptors (Lipinski definition) is 4. The Morgan fingerprint density at radius 2 is 1.80 bits per heavy atom. The van der Waals surface area contributed by atoms with E-state index in [0.717, 1.165) is 42.8 Å². The number of amides is 1. The van der Waals surface area contributed by atoms with Crippen molar-refractivity contribution in [1.82, 2.24) is 19.7 Å². The maximum atomic E-state index is 12.6. The lowest BCUT2D eigenvalue weighted by Gasteiger charge is -2.09. The molecule has 0 saturated carbocycles. The average molecular weight is 402 g/mol. The molecule has 1 aliphatic carbocycles. The lowest BCUT2D eigenvalue weighted by Crippen LogP contribution is -2.29. The standard InChI is InChI=1S/C23H22N4O3/c28-21-18-7-2-1-6-16(18)17-10-9-15(14-19(17)21)22(29)24-11-5-13-27-23(30)26-12-4-3-8-20(26)25-27/h1-2,6-7,9-10,14H,3-5,8,11-13H2,(H,24,29). The lowest BCUT2D eigenvalue weighted by molar-refractivity contribution is 0.0952. The number of carbonyl (C=O) groups excluding carboxylic acids is 2. The first-order valence-corrected chi connectivity index (χ1v) is 10.4. The predicted octanol–water partition coefficient (Wildman–Crippen LogP) is 2.41. The SMILES string of the molecule is O=C(NCCCn1nc2n(c1=O)CCCC2)c1ccc2c(c1)C(=O)c1ccccc1-2. The molecule has 2 aromatic carbocycles. The smallest absolute Gasteiger partial charge is 0.345 e. The van der Waals surface area contributed by atoms with E-state index in [1.807, 2.05) is 30.3 Å². The van der Waals surface area contributed by atoms with Crippen molar-refractivity contribution in [3.05, 3.63) is 75.5 Å². The summed E-state index contributed by atoms with van der Waals surface area (Å²) in [6, 6.07) is 12.7. The van der Waals surface area contributed by atoms with Gasteiger partial charge in [-0.2, -0.15) is 5.10 Å². The van der Waals surface area contributed by atoms with E-state index in [-0.39, 0.29) is 17.4 Å². The molecule has 1 amide bonds. The number of rotatable bonds is 5. The molecule has 7 heteroatoms. The van der Waals surface area contributed by atoms with Gasteiger partial charge >= 0.3 is 5.69 Å². The predicted molar refractivity (Wildman–Crippen MR) is 112 cm³/mol. The van der Waals surface area contributed by atoms with Crippen LogP contribution in [0.1, 0.15) is 51.4 Å². The zero-order valence-electron chi connectivity index (χ0n) is 16.6. The van der Waals surface area contributed by atoms with Gasteiger partial charge in [-0.25, -0.2) is 9.48 Å². The molecule has 2 aliphatic rings. The Hall–Kier alpha value is -3.48. The molecule has 0 radical (unpaired) electrons. The normalized spacial score (nSPS) is 14.2. The summed E-state index contributed by atoms with van der Waals surface area (Å²) in [5.41, 5.74) is 3.43. The molecule has 0 atom stereocenters. The Morgan fingerprint density at radius 3 is 2.63 bits per heavy atom. The van der Waals surface area contributed by atoms with Crippen LogP contribution in [0.15, 0.2) is 47.3 Å². The van der Waals surface area contributed by atoms with Crippen molar-refractivity contribution in [2.75, 3.05) is 6.54 Å². The molecule has 30 heavy (non-hydrogen) atoms. The zero-order valence-corrected chi connectivity index (χ0v) is 16.6. The summed E-state index contributed by atoms with van der Waals surface area (Å²) in [4.78, 5) is 37.5. The number of nitrogens with one attached hydrogen (secondary N) is 1. The van der Waals surface area contributed by atoms with E-state index >= 15 is 0 Å². The molecule has 1 aliphatic heterocycles. The molecule has 3 aromatic rings. The van der Waals surface area contributed by atoms with Gasteiger partial charge in [-0.3, -0.25) is 14.2 Å². The Bertz CT molecular complexity index is 1220. The maximum absolute atomic E-state index is 12.6. The highest BCUT2D eigenvalue weighted by Gasteiger charge is 2.27. The topological polar surface area (TPSA) is 86.0 Å². The molecule has 0 unspecified atom stereocenters. The Balaban J connectivity index is 1.22. The van der Waals surface area contributed by atoms with Crippen molar-refractivity contribution >= 4 is 11.7 Å². The quantitative estimate of drug-likeness (QED) is 0.520. The summed E-state index contributed by atoms with van der Waals surface area (Å²) < 4.78 is 3.25. The fraction of sp³-hybridized carbons (Fsp3) is 0.304. The number of nitrogens with zero attached hydrogens (tertiary/aromatic N) is 3. The average Bonchev–Trinajstić information content (AvgIpc) is 3.26. The van der Waals surface area contributed by atoms with Gasteiger partial charge < -0.3 is 5.32 Å². The summed E-state index contributed by atoms with van der Waals surface area (Å²) in [6.07, 6.45) is 3.54. The Morgan fingerprint density at radius 1 is 1.00 bits per heavy atom. The molecule has 5 rings (SSSR count). The van der Waals surface area contributed by atoms with E-state index in [4.69, 9.17) is 0 Å². The first-order chi connectivity index (χ1) is 14.6. The van der Waals surface area contributed by atoms with Gasteiger partial charge in [0.25, 0.3) is 5.91 Å². The fourth-order valence-corrected chi connectivity index (χ4v) is 4.30. The second kappa shape index (κ2) is 7.40. The third-order valence-corrected chi connectivity index (χ3v) is 5.85. The number of aryl methyl sites for hydroxylation is 2. The molecular weight excluding hydrogens is 380 g/mol. The Labute approximate surface area is 173 Å². The first kappa shape index (κ1) is 18.5. The van der Waals surface area contributed by atoms with Gasteiger partial charge in [-0.05, 0) is 42.5 Å². The lowest BCUT2D eigenvalue weighted by atomic mass is 10.0. The number of ketones is 1. The third kappa shape index (κ3) is 3.07. The number of fused-ring (bicyclic) bond motifs is 4. The van der Waals surface area contributed by atoms with Gasteiger partial charge in [-0.15, -0.1) is 0 Å². The van der Waals surface area contributed by atoms with Crippen molar-refractivity contribution in [2.24, 2.45) is 0 Å². The fourth-order valence-electron chi connectivity index (χ4n) is 4.30. The molecule has 1 N–H and O–H groups in total. The van der Waals surface area contributed by atoms with Crippen LogP contribution in [-0.2, 0) is 19.5 Å². The van der Waals surface area contributed by atoms with E-state index in [1.54, 1.807) is 16.7 Å². The number of benzene rings is 2. The highest BCUT2D eigenvalue weighted by Crippen LogP contribution is 2.36. The molecule has 0 spiro atoms. The molecule has 2 heterocycles. The monoisotopic (exact) mass is 402 g/mol. The van der Waals surface area contributed by atoms with E-state index in [9.17, 15) is 14.4 Å². The molecule has 0 bridgehead atoms. The van der Waals surface area contributed by atoms with Gasteiger partial charge in [-0.1, -0.05) is 30.3 Å². The second-order valence-corrected chi connectivity index (χ2v) is 7.78. The molecule has 152 valence electrons. The van der Waals surface area contributed by atoms with Crippen LogP contribution in [0.25, 0.3) is 11.1 Å². The highest BCUT2D eigenvalue weighted by molar-refractivity contribution is 6.22. The summed E-state index contributed by atoms with van der Waals surface area (Å²) in [5.74, 6) is 0.593. The minimum absolute atomic E-state index is 0.0432. The van der Waals surface area contributed by atoms with Crippen molar-refractivity contribution < 1.29 is 9.59 Å². The van der Waals surface area contributed by atoms with Crippen LogP contribution in [0.5, 0.6) is 0 Å². The summed E-state index contributed by atoms with van der Waals surface area (Å²) in [7, 11) is 0. The summed E-state index contributed by atoms with van der Waals surface area (Å²) >= 11 is 0. The molecular formula is C23H22N4O3. The van der Waals surface area contributed by atoms with Gasteiger partial charge in [0, 0.05) is 42.7 Å². The van der Waals surface area contributed by atoms with E-state index in [2.05, 4.69) is 10.4 Å². The van der Waals surface area contributed by atoms with Crippen LogP contribution in [0.2, 0.25) is 0 Å². The molecule has 0 saturated heterocycles. The van der Waals surface area contributed by atoms with Gasteiger partial charge in [0.1, 0.15) is 5.82 Å². The van der Waals surface area contributed by atoms with Gasteiger partial charge in [0.05, 0.1) is 0 Å². The second-order valence-electron chi connectivity index (χ2n) is 7.78. The van der Waals surface area contributed by atoms with E-state index in [1.165, 1.54) is 4.68 Å². The summed E-state index contributed by atoms with van der Waals surface area (Å²) in [6.45, 7) is 1.64.